The first-order valence-electron chi connectivity index (χ1n) is 6.77. The standard InChI is InChI=1S/C13H25N5/c1-11-12(13(14)17(3)15-11)10-16(2)8-9-18-6-4-5-7-18/h4-10,14H2,1-3H3. The summed E-state index contributed by atoms with van der Waals surface area (Å²) in [6, 6.07) is 0. The SMILES string of the molecule is Cc1nn(C)c(N)c1CN(C)CCN1CCCC1. The highest BCUT2D eigenvalue weighted by molar-refractivity contribution is 5.42. The molecule has 5 nitrogen and oxygen atoms in total. The van der Waals surface area contributed by atoms with Gasteiger partial charge >= 0.3 is 0 Å². The van der Waals surface area contributed by atoms with Crippen molar-refractivity contribution in [3.8, 4) is 0 Å². The number of likely N-dealkylation sites (tertiary alicyclic amines) is 1. The van der Waals surface area contributed by atoms with Gasteiger partial charge in [-0.15, -0.1) is 0 Å². The average molecular weight is 251 g/mol. The Balaban J connectivity index is 1.84. The van der Waals surface area contributed by atoms with Crippen molar-refractivity contribution in [3.05, 3.63) is 11.3 Å². The molecule has 0 aromatic carbocycles. The van der Waals surface area contributed by atoms with Crippen molar-refractivity contribution < 1.29 is 0 Å². The fourth-order valence-corrected chi connectivity index (χ4v) is 2.58. The van der Waals surface area contributed by atoms with Gasteiger partial charge < -0.3 is 15.5 Å². The first-order chi connectivity index (χ1) is 8.58. The molecule has 0 unspecified atom stereocenters. The van der Waals surface area contributed by atoms with Gasteiger partial charge in [0.15, 0.2) is 0 Å². The van der Waals surface area contributed by atoms with Crippen LogP contribution in [0.25, 0.3) is 0 Å². The summed E-state index contributed by atoms with van der Waals surface area (Å²) in [7, 11) is 4.05. The van der Waals surface area contributed by atoms with Crippen LogP contribution in [-0.4, -0.2) is 52.8 Å². The number of nitrogens with zero attached hydrogens (tertiary/aromatic N) is 4. The van der Waals surface area contributed by atoms with Crippen LogP contribution in [0.2, 0.25) is 0 Å². The number of likely N-dealkylation sites (N-methyl/N-ethyl adjacent to an activating group) is 1. The molecular formula is C13H25N5. The third-order valence-electron chi connectivity index (χ3n) is 3.82. The van der Waals surface area contributed by atoms with E-state index in [9.17, 15) is 0 Å². The maximum atomic E-state index is 6.03. The van der Waals surface area contributed by atoms with E-state index in [0.29, 0.717) is 0 Å². The van der Waals surface area contributed by atoms with Crippen molar-refractivity contribution in [1.29, 1.82) is 0 Å². The zero-order chi connectivity index (χ0) is 13.1. The molecule has 2 heterocycles. The second kappa shape index (κ2) is 5.71. The summed E-state index contributed by atoms with van der Waals surface area (Å²) in [5, 5.41) is 4.36. The molecule has 1 fully saturated rings. The highest BCUT2D eigenvalue weighted by atomic mass is 15.3. The third kappa shape index (κ3) is 3.03. The molecule has 18 heavy (non-hydrogen) atoms. The Labute approximate surface area is 110 Å². The quantitative estimate of drug-likeness (QED) is 0.842. The number of hydrogen-bond acceptors (Lipinski definition) is 4. The lowest BCUT2D eigenvalue weighted by molar-refractivity contribution is 0.252. The lowest BCUT2D eigenvalue weighted by Gasteiger charge is -2.21. The number of hydrogen-bond donors (Lipinski definition) is 1. The molecule has 1 aromatic rings. The molecule has 0 radical (unpaired) electrons. The normalized spacial score (nSPS) is 16.9. The van der Waals surface area contributed by atoms with Gasteiger partial charge in [0.05, 0.1) is 5.69 Å². The van der Waals surface area contributed by atoms with Crippen LogP contribution >= 0.6 is 0 Å². The Kier molecular flexibility index (Phi) is 4.24. The van der Waals surface area contributed by atoms with Crippen LogP contribution in [0.5, 0.6) is 0 Å². The summed E-state index contributed by atoms with van der Waals surface area (Å²) in [6.45, 7) is 7.70. The van der Waals surface area contributed by atoms with E-state index in [1.807, 2.05) is 14.0 Å². The van der Waals surface area contributed by atoms with E-state index in [0.717, 1.165) is 31.1 Å². The number of anilines is 1. The molecule has 1 aliphatic heterocycles. The van der Waals surface area contributed by atoms with Crippen LogP contribution in [0.15, 0.2) is 0 Å². The minimum Gasteiger partial charge on any atom is -0.384 e. The van der Waals surface area contributed by atoms with E-state index in [1.54, 1.807) is 4.68 Å². The van der Waals surface area contributed by atoms with Gasteiger partial charge in [-0.3, -0.25) is 4.68 Å². The molecule has 0 spiro atoms. The van der Waals surface area contributed by atoms with Crippen molar-refractivity contribution in [2.75, 3.05) is 39.0 Å². The summed E-state index contributed by atoms with van der Waals surface area (Å²) < 4.78 is 1.76. The first kappa shape index (κ1) is 13.4. The number of aryl methyl sites for hydroxylation is 2. The highest BCUT2D eigenvalue weighted by Crippen LogP contribution is 2.16. The Morgan fingerprint density at radius 2 is 2.00 bits per heavy atom. The maximum Gasteiger partial charge on any atom is 0.126 e. The Bertz CT molecular complexity index is 392. The zero-order valence-corrected chi connectivity index (χ0v) is 11.8. The Morgan fingerprint density at radius 3 is 2.56 bits per heavy atom. The molecule has 1 aromatic heterocycles. The summed E-state index contributed by atoms with van der Waals surface area (Å²) in [5.41, 5.74) is 8.25. The van der Waals surface area contributed by atoms with Gasteiger partial charge in [-0.05, 0) is 39.9 Å². The van der Waals surface area contributed by atoms with Gasteiger partial charge in [0.1, 0.15) is 5.82 Å². The topological polar surface area (TPSA) is 50.3 Å². The van der Waals surface area contributed by atoms with E-state index in [4.69, 9.17) is 5.73 Å². The van der Waals surface area contributed by atoms with Crippen LogP contribution in [-0.2, 0) is 13.6 Å². The highest BCUT2D eigenvalue weighted by Gasteiger charge is 2.14. The minimum absolute atomic E-state index is 0.792. The lowest BCUT2D eigenvalue weighted by Crippen LogP contribution is -2.31. The molecule has 0 bridgehead atoms. The van der Waals surface area contributed by atoms with Crippen LogP contribution in [0.3, 0.4) is 0 Å². The Hall–Kier alpha value is -1.07. The van der Waals surface area contributed by atoms with Crippen molar-refractivity contribution in [2.24, 2.45) is 7.05 Å². The number of nitrogen functional groups attached to an aromatic ring is 1. The second-order valence-corrected chi connectivity index (χ2v) is 5.36. The molecule has 102 valence electrons. The maximum absolute atomic E-state index is 6.03. The summed E-state index contributed by atoms with van der Waals surface area (Å²) >= 11 is 0. The second-order valence-electron chi connectivity index (χ2n) is 5.36. The van der Waals surface area contributed by atoms with E-state index >= 15 is 0 Å². The fraction of sp³-hybridized carbons (Fsp3) is 0.769. The molecule has 0 amide bonds. The zero-order valence-electron chi connectivity index (χ0n) is 11.8. The number of nitrogens with two attached hydrogens (primary N) is 1. The van der Waals surface area contributed by atoms with Crippen molar-refractivity contribution in [1.82, 2.24) is 19.6 Å². The van der Waals surface area contributed by atoms with Crippen molar-refractivity contribution in [2.45, 2.75) is 26.3 Å². The predicted octanol–water partition coefficient (Wildman–Crippen LogP) is 0.838. The van der Waals surface area contributed by atoms with Gasteiger partial charge in [0.25, 0.3) is 0 Å². The molecule has 0 aliphatic carbocycles. The van der Waals surface area contributed by atoms with Gasteiger partial charge in [0, 0.05) is 32.2 Å². The van der Waals surface area contributed by atoms with Crippen LogP contribution in [0, 0.1) is 6.92 Å². The predicted molar refractivity (Wildman–Crippen MR) is 74.4 cm³/mol. The van der Waals surface area contributed by atoms with E-state index < -0.39 is 0 Å². The molecule has 1 saturated heterocycles. The smallest absolute Gasteiger partial charge is 0.126 e. The van der Waals surface area contributed by atoms with Gasteiger partial charge in [-0.25, -0.2) is 0 Å². The summed E-state index contributed by atoms with van der Waals surface area (Å²) in [5.74, 6) is 0.792. The molecule has 2 rings (SSSR count). The van der Waals surface area contributed by atoms with Crippen molar-refractivity contribution in [3.63, 3.8) is 0 Å². The number of aromatic nitrogens is 2. The molecule has 0 atom stereocenters. The van der Waals surface area contributed by atoms with Gasteiger partial charge in [-0.2, -0.15) is 5.10 Å². The van der Waals surface area contributed by atoms with Gasteiger partial charge in [0.2, 0.25) is 0 Å². The average Bonchev–Trinajstić information content (AvgIpc) is 2.92. The molecular weight excluding hydrogens is 226 g/mol. The van der Waals surface area contributed by atoms with E-state index in [2.05, 4.69) is 21.9 Å². The molecule has 1 aliphatic rings. The van der Waals surface area contributed by atoms with Crippen LogP contribution < -0.4 is 5.73 Å². The van der Waals surface area contributed by atoms with E-state index in [-0.39, 0.29) is 0 Å². The summed E-state index contributed by atoms with van der Waals surface area (Å²) in [6.07, 6.45) is 2.72. The van der Waals surface area contributed by atoms with Gasteiger partial charge in [-0.1, -0.05) is 0 Å². The van der Waals surface area contributed by atoms with Crippen LogP contribution in [0.4, 0.5) is 5.82 Å². The Morgan fingerprint density at radius 1 is 1.33 bits per heavy atom. The molecule has 2 N–H and O–H groups in total. The lowest BCUT2D eigenvalue weighted by atomic mass is 10.2. The largest absolute Gasteiger partial charge is 0.384 e. The summed E-state index contributed by atoms with van der Waals surface area (Å²) in [4.78, 5) is 4.87. The third-order valence-corrected chi connectivity index (χ3v) is 3.82. The number of rotatable bonds is 5. The monoisotopic (exact) mass is 251 g/mol. The minimum atomic E-state index is 0.792. The molecule has 0 saturated carbocycles. The molecule has 5 heteroatoms. The fourth-order valence-electron chi connectivity index (χ4n) is 2.58. The van der Waals surface area contributed by atoms with Crippen molar-refractivity contribution >= 4 is 5.82 Å². The first-order valence-corrected chi connectivity index (χ1v) is 6.77. The van der Waals surface area contributed by atoms with E-state index in [1.165, 1.54) is 31.5 Å². The van der Waals surface area contributed by atoms with Crippen LogP contribution in [0.1, 0.15) is 24.1 Å².